The van der Waals surface area contributed by atoms with Crippen molar-refractivity contribution in [3.05, 3.63) is 33.9 Å². The largest absolute Gasteiger partial charge is 0.296 e. The van der Waals surface area contributed by atoms with Gasteiger partial charge in [-0.1, -0.05) is 6.07 Å². The van der Waals surface area contributed by atoms with Crippen molar-refractivity contribution in [3.63, 3.8) is 0 Å². The molecule has 15 heavy (non-hydrogen) atoms. The summed E-state index contributed by atoms with van der Waals surface area (Å²) in [7, 11) is 0. The second-order valence-corrected chi connectivity index (χ2v) is 3.56. The zero-order valence-electron chi connectivity index (χ0n) is 8.97. The van der Waals surface area contributed by atoms with Crippen molar-refractivity contribution in [2.45, 2.75) is 26.8 Å². The molecule has 0 radical (unpaired) electrons. The van der Waals surface area contributed by atoms with Crippen molar-refractivity contribution in [2.24, 2.45) is 10.2 Å². The maximum Gasteiger partial charge on any atom is 0.296 e. The van der Waals surface area contributed by atoms with Crippen molar-refractivity contribution in [3.8, 4) is 0 Å². The lowest BCUT2D eigenvalue weighted by molar-refractivity contribution is -0.384. The molecular weight excluding hydrogens is 194 g/mol. The van der Waals surface area contributed by atoms with E-state index < -0.39 is 4.92 Å². The quantitative estimate of drug-likeness (QED) is 0.433. The van der Waals surface area contributed by atoms with Gasteiger partial charge in [-0.05, 0) is 32.4 Å². The van der Waals surface area contributed by atoms with Gasteiger partial charge in [0, 0.05) is 6.07 Å². The fourth-order valence-corrected chi connectivity index (χ4v) is 1.04. The molecule has 0 saturated carbocycles. The van der Waals surface area contributed by atoms with Crippen LogP contribution in [0.4, 0.5) is 11.4 Å². The van der Waals surface area contributed by atoms with Crippen LogP contribution < -0.4 is 0 Å². The molecule has 0 aliphatic rings. The Bertz CT molecular complexity index is 400. The Morgan fingerprint density at radius 2 is 2.07 bits per heavy atom. The number of benzene rings is 1. The minimum Gasteiger partial charge on any atom is -0.258 e. The number of aryl methyl sites for hydroxylation is 1. The van der Waals surface area contributed by atoms with Crippen molar-refractivity contribution in [1.29, 1.82) is 0 Å². The van der Waals surface area contributed by atoms with Crippen molar-refractivity contribution in [1.82, 2.24) is 0 Å². The van der Waals surface area contributed by atoms with E-state index >= 15 is 0 Å². The van der Waals surface area contributed by atoms with E-state index in [0.29, 0.717) is 5.69 Å². The molecule has 0 aromatic heterocycles. The maximum atomic E-state index is 10.7. The monoisotopic (exact) mass is 207 g/mol. The van der Waals surface area contributed by atoms with Gasteiger partial charge in [-0.3, -0.25) is 10.1 Å². The first-order chi connectivity index (χ1) is 7.00. The fourth-order valence-electron chi connectivity index (χ4n) is 1.04. The van der Waals surface area contributed by atoms with Gasteiger partial charge in [-0.15, -0.1) is 5.11 Å². The Balaban J connectivity index is 3.12. The Morgan fingerprint density at radius 1 is 1.40 bits per heavy atom. The Hall–Kier alpha value is -1.78. The van der Waals surface area contributed by atoms with Crippen LogP contribution in [0.15, 0.2) is 28.4 Å². The van der Waals surface area contributed by atoms with E-state index in [1.54, 1.807) is 19.1 Å². The third-order valence-electron chi connectivity index (χ3n) is 1.72. The maximum absolute atomic E-state index is 10.7. The number of nitro benzene ring substituents is 1. The van der Waals surface area contributed by atoms with Crippen LogP contribution in [0.5, 0.6) is 0 Å². The minimum atomic E-state index is -0.443. The number of nitro groups is 1. The molecule has 0 fully saturated rings. The van der Waals surface area contributed by atoms with Crippen LogP contribution in [0.1, 0.15) is 19.4 Å². The number of hydrogen-bond donors (Lipinski definition) is 0. The summed E-state index contributed by atoms with van der Waals surface area (Å²) in [5.74, 6) is 0. The van der Waals surface area contributed by atoms with Gasteiger partial charge in [0.15, 0.2) is 5.69 Å². The standard InChI is InChI=1S/C10H13N3O2/c1-7(2)11-12-9-5-4-8(3)6-10(9)13(14)15/h4-7H,1-3H3. The van der Waals surface area contributed by atoms with Gasteiger partial charge in [0.25, 0.3) is 5.69 Å². The van der Waals surface area contributed by atoms with Crippen LogP contribution in [0.25, 0.3) is 0 Å². The number of rotatable bonds is 3. The highest BCUT2D eigenvalue weighted by atomic mass is 16.6. The second kappa shape index (κ2) is 4.63. The topological polar surface area (TPSA) is 67.9 Å². The summed E-state index contributed by atoms with van der Waals surface area (Å²) in [6.07, 6.45) is 0. The molecule has 5 nitrogen and oxygen atoms in total. The van der Waals surface area contributed by atoms with Gasteiger partial charge < -0.3 is 0 Å². The Labute approximate surface area is 88.0 Å². The number of nitrogens with zero attached hydrogens (tertiary/aromatic N) is 3. The lowest BCUT2D eigenvalue weighted by atomic mass is 10.2. The summed E-state index contributed by atoms with van der Waals surface area (Å²) in [5.41, 5.74) is 1.14. The van der Waals surface area contributed by atoms with Gasteiger partial charge in [0.05, 0.1) is 11.0 Å². The van der Waals surface area contributed by atoms with E-state index in [9.17, 15) is 10.1 Å². The lowest BCUT2D eigenvalue weighted by Crippen LogP contribution is -1.90. The highest BCUT2D eigenvalue weighted by Crippen LogP contribution is 2.28. The first-order valence-corrected chi connectivity index (χ1v) is 4.66. The molecule has 0 heterocycles. The predicted octanol–water partition coefficient (Wildman–Crippen LogP) is 3.40. The molecule has 0 spiro atoms. The van der Waals surface area contributed by atoms with Gasteiger partial charge in [0.1, 0.15) is 0 Å². The smallest absolute Gasteiger partial charge is 0.258 e. The van der Waals surface area contributed by atoms with Crippen LogP contribution in [-0.2, 0) is 0 Å². The molecule has 1 aromatic rings. The molecule has 5 heteroatoms. The van der Waals surface area contributed by atoms with Crippen molar-refractivity contribution in [2.75, 3.05) is 0 Å². The SMILES string of the molecule is Cc1ccc(N=NC(C)C)c([N+](=O)[O-])c1. The molecule has 0 saturated heterocycles. The van der Waals surface area contributed by atoms with Crippen LogP contribution >= 0.6 is 0 Å². The molecule has 0 N–H and O–H groups in total. The molecule has 1 rings (SSSR count). The molecule has 0 bridgehead atoms. The second-order valence-electron chi connectivity index (χ2n) is 3.56. The normalized spacial score (nSPS) is 11.2. The summed E-state index contributed by atoms with van der Waals surface area (Å²) in [6.45, 7) is 5.53. The van der Waals surface area contributed by atoms with E-state index in [1.807, 2.05) is 13.8 Å². The summed E-state index contributed by atoms with van der Waals surface area (Å²) in [6, 6.07) is 4.92. The predicted molar refractivity (Wildman–Crippen MR) is 57.5 cm³/mol. The van der Waals surface area contributed by atoms with Gasteiger partial charge in [-0.25, -0.2) is 0 Å². The average Bonchev–Trinajstić information content (AvgIpc) is 2.15. The lowest BCUT2D eigenvalue weighted by Gasteiger charge is -1.98. The summed E-state index contributed by atoms with van der Waals surface area (Å²) < 4.78 is 0. The highest BCUT2D eigenvalue weighted by molar-refractivity contribution is 5.57. The number of azo groups is 1. The zero-order valence-corrected chi connectivity index (χ0v) is 8.97. The van der Waals surface area contributed by atoms with Gasteiger partial charge in [0.2, 0.25) is 0 Å². The molecular formula is C10H13N3O2. The van der Waals surface area contributed by atoms with Crippen LogP contribution in [0.2, 0.25) is 0 Å². The zero-order chi connectivity index (χ0) is 11.4. The van der Waals surface area contributed by atoms with Crippen molar-refractivity contribution >= 4 is 11.4 Å². The van der Waals surface area contributed by atoms with Crippen LogP contribution in [0, 0.1) is 17.0 Å². The minimum absolute atomic E-state index is 0.000556. The average molecular weight is 207 g/mol. The molecule has 0 aliphatic carbocycles. The summed E-state index contributed by atoms with van der Waals surface area (Å²) in [4.78, 5) is 10.3. The van der Waals surface area contributed by atoms with Gasteiger partial charge >= 0.3 is 0 Å². The summed E-state index contributed by atoms with van der Waals surface area (Å²) in [5, 5.41) is 18.5. The van der Waals surface area contributed by atoms with Gasteiger partial charge in [-0.2, -0.15) is 5.11 Å². The Morgan fingerprint density at radius 3 is 2.60 bits per heavy atom. The van der Waals surface area contributed by atoms with E-state index in [2.05, 4.69) is 10.2 Å². The van der Waals surface area contributed by atoms with E-state index in [1.165, 1.54) is 6.07 Å². The van der Waals surface area contributed by atoms with Crippen LogP contribution in [0.3, 0.4) is 0 Å². The molecule has 1 aromatic carbocycles. The van der Waals surface area contributed by atoms with Crippen molar-refractivity contribution < 1.29 is 4.92 Å². The number of hydrogen-bond acceptors (Lipinski definition) is 4. The van der Waals surface area contributed by atoms with Crippen LogP contribution in [-0.4, -0.2) is 11.0 Å². The summed E-state index contributed by atoms with van der Waals surface area (Å²) >= 11 is 0. The molecule has 0 atom stereocenters. The first kappa shape index (κ1) is 11.3. The third-order valence-corrected chi connectivity index (χ3v) is 1.72. The highest BCUT2D eigenvalue weighted by Gasteiger charge is 2.13. The molecule has 0 amide bonds. The third kappa shape index (κ3) is 3.12. The van der Waals surface area contributed by atoms with E-state index in [-0.39, 0.29) is 11.7 Å². The fraction of sp³-hybridized carbons (Fsp3) is 0.400. The van der Waals surface area contributed by atoms with E-state index in [4.69, 9.17) is 0 Å². The van der Waals surface area contributed by atoms with E-state index in [0.717, 1.165) is 5.56 Å². The first-order valence-electron chi connectivity index (χ1n) is 4.66. The molecule has 0 aliphatic heterocycles. The molecule has 80 valence electrons. The molecule has 0 unspecified atom stereocenters. The Kier molecular flexibility index (Phi) is 3.49.